The van der Waals surface area contributed by atoms with Gasteiger partial charge in [-0.2, -0.15) is 0 Å². The van der Waals surface area contributed by atoms with Gasteiger partial charge in [-0.3, -0.25) is 4.79 Å². The summed E-state index contributed by atoms with van der Waals surface area (Å²) in [4.78, 5) is 10.8. The molecule has 0 amide bonds. The number of likely N-dealkylation sites (N-methyl/N-ethyl adjacent to an activating group) is 1. The molecule has 0 heterocycles. The topological polar surface area (TPSA) is 61.4 Å². The van der Waals surface area contributed by atoms with E-state index >= 15 is 0 Å². The highest BCUT2D eigenvalue weighted by molar-refractivity contribution is 5.74. The van der Waals surface area contributed by atoms with Crippen LogP contribution in [0.5, 0.6) is 0 Å². The van der Waals surface area contributed by atoms with Crippen molar-refractivity contribution < 1.29 is 9.90 Å². The summed E-state index contributed by atoms with van der Waals surface area (Å²) in [6.45, 7) is 4.38. The molecule has 4 nitrogen and oxygen atoms in total. The molecule has 1 aromatic carbocycles. The molecule has 88 valence electrons. The Hall–Kier alpha value is -1.55. The first-order valence-electron chi connectivity index (χ1n) is 5.25. The lowest BCUT2D eigenvalue weighted by Gasteiger charge is -2.15. The largest absolute Gasteiger partial charge is 0.480 e. The van der Waals surface area contributed by atoms with E-state index < -0.39 is 12.0 Å². The van der Waals surface area contributed by atoms with Crippen LogP contribution in [-0.2, 0) is 4.79 Å². The van der Waals surface area contributed by atoms with E-state index in [4.69, 9.17) is 5.11 Å². The van der Waals surface area contributed by atoms with Gasteiger partial charge >= 0.3 is 5.97 Å². The number of nitrogens with one attached hydrogen (secondary N) is 2. The number of carbonyl (C=O) groups is 1. The Balaban J connectivity index is 2.66. The zero-order valence-corrected chi connectivity index (χ0v) is 9.87. The fourth-order valence-electron chi connectivity index (χ4n) is 1.45. The molecule has 0 aliphatic carbocycles. The molecule has 0 aromatic heterocycles. The van der Waals surface area contributed by atoms with Crippen molar-refractivity contribution in [3.05, 3.63) is 29.3 Å². The molecule has 1 rings (SSSR count). The van der Waals surface area contributed by atoms with Crippen LogP contribution in [0, 0.1) is 13.8 Å². The molecular formula is C12H18N2O2. The molecule has 0 spiro atoms. The van der Waals surface area contributed by atoms with Crippen LogP contribution >= 0.6 is 0 Å². The minimum Gasteiger partial charge on any atom is -0.480 e. The molecule has 16 heavy (non-hydrogen) atoms. The molecule has 1 unspecified atom stereocenters. The number of carboxylic acid groups (broad SMARTS) is 1. The number of hydrogen-bond acceptors (Lipinski definition) is 3. The minimum absolute atomic E-state index is 0.371. The molecular weight excluding hydrogens is 204 g/mol. The second kappa shape index (κ2) is 5.51. The van der Waals surface area contributed by atoms with E-state index in [9.17, 15) is 4.79 Å². The van der Waals surface area contributed by atoms with Gasteiger partial charge in [-0.1, -0.05) is 12.1 Å². The summed E-state index contributed by atoms with van der Waals surface area (Å²) in [6.07, 6.45) is 0. The molecule has 0 saturated carbocycles. The summed E-state index contributed by atoms with van der Waals surface area (Å²) in [5, 5.41) is 14.8. The zero-order valence-electron chi connectivity index (χ0n) is 9.87. The Morgan fingerprint density at radius 2 is 2.12 bits per heavy atom. The maximum atomic E-state index is 10.8. The van der Waals surface area contributed by atoms with Crippen LogP contribution < -0.4 is 10.6 Å². The third kappa shape index (κ3) is 3.24. The Labute approximate surface area is 95.7 Å². The van der Waals surface area contributed by atoms with E-state index in [0.717, 1.165) is 16.8 Å². The van der Waals surface area contributed by atoms with Crippen LogP contribution in [0.15, 0.2) is 18.2 Å². The van der Waals surface area contributed by atoms with Gasteiger partial charge in [-0.15, -0.1) is 0 Å². The van der Waals surface area contributed by atoms with Crippen LogP contribution in [0.1, 0.15) is 11.1 Å². The van der Waals surface area contributed by atoms with E-state index in [-0.39, 0.29) is 0 Å². The predicted molar refractivity (Wildman–Crippen MR) is 64.9 cm³/mol. The lowest BCUT2D eigenvalue weighted by molar-refractivity contribution is -0.138. The molecule has 0 aliphatic heterocycles. The fraction of sp³-hybridized carbons (Fsp3) is 0.417. The van der Waals surface area contributed by atoms with Crippen LogP contribution in [0.3, 0.4) is 0 Å². The fourth-order valence-corrected chi connectivity index (χ4v) is 1.45. The lowest BCUT2D eigenvalue weighted by Crippen LogP contribution is -2.39. The number of aryl methyl sites for hydroxylation is 2. The zero-order chi connectivity index (χ0) is 12.1. The number of aliphatic carboxylic acids is 1. The molecule has 0 saturated heterocycles. The van der Waals surface area contributed by atoms with E-state index in [2.05, 4.69) is 10.6 Å². The monoisotopic (exact) mass is 222 g/mol. The molecule has 0 fully saturated rings. The highest BCUT2D eigenvalue weighted by Gasteiger charge is 2.14. The van der Waals surface area contributed by atoms with Gasteiger partial charge < -0.3 is 15.7 Å². The predicted octanol–water partition coefficient (Wildman–Crippen LogP) is 1.39. The van der Waals surface area contributed by atoms with Crippen molar-refractivity contribution in [1.29, 1.82) is 0 Å². The van der Waals surface area contributed by atoms with Gasteiger partial charge in [-0.05, 0) is 38.1 Å². The van der Waals surface area contributed by atoms with E-state index in [1.165, 1.54) is 0 Å². The van der Waals surface area contributed by atoms with E-state index in [1.54, 1.807) is 7.05 Å². The number of anilines is 1. The Kier molecular flexibility index (Phi) is 4.31. The average molecular weight is 222 g/mol. The first kappa shape index (κ1) is 12.5. The van der Waals surface area contributed by atoms with E-state index in [1.807, 2.05) is 32.0 Å². The third-order valence-electron chi connectivity index (χ3n) is 2.54. The molecule has 4 heteroatoms. The highest BCUT2D eigenvalue weighted by Crippen LogP contribution is 2.15. The van der Waals surface area contributed by atoms with Crippen molar-refractivity contribution in [1.82, 2.24) is 5.32 Å². The van der Waals surface area contributed by atoms with Crippen molar-refractivity contribution in [2.45, 2.75) is 19.9 Å². The van der Waals surface area contributed by atoms with Gasteiger partial charge in [-0.25, -0.2) is 0 Å². The lowest BCUT2D eigenvalue weighted by atomic mass is 10.1. The minimum atomic E-state index is -0.847. The molecule has 0 radical (unpaired) electrons. The van der Waals surface area contributed by atoms with Gasteiger partial charge in [0.15, 0.2) is 0 Å². The summed E-state index contributed by atoms with van der Waals surface area (Å²) in [7, 11) is 1.64. The number of carboxylic acids is 1. The van der Waals surface area contributed by atoms with Gasteiger partial charge in [0, 0.05) is 12.2 Å². The summed E-state index contributed by atoms with van der Waals surface area (Å²) in [6, 6.07) is 5.50. The first-order chi connectivity index (χ1) is 7.54. The van der Waals surface area contributed by atoms with Gasteiger partial charge in [0.1, 0.15) is 6.04 Å². The average Bonchev–Trinajstić information content (AvgIpc) is 2.23. The smallest absolute Gasteiger partial charge is 0.322 e. The van der Waals surface area contributed by atoms with Crippen molar-refractivity contribution in [2.75, 3.05) is 18.9 Å². The second-order valence-electron chi connectivity index (χ2n) is 3.88. The summed E-state index contributed by atoms with van der Waals surface area (Å²) in [5.41, 5.74) is 3.26. The van der Waals surface area contributed by atoms with Crippen molar-refractivity contribution in [2.24, 2.45) is 0 Å². The van der Waals surface area contributed by atoms with Crippen LogP contribution in [-0.4, -0.2) is 30.7 Å². The van der Waals surface area contributed by atoms with Crippen molar-refractivity contribution in [3.8, 4) is 0 Å². The Bertz CT molecular complexity index is 377. The number of hydrogen-bond donors (Lipinski definition) is 3. The maximum Gasteiger partial charge on any atom is 0.322 e. The summed E-state index contributed by atoms with van der Waals surface area (Å²) >= 11 is 0. The van der Waals surface area contributed by atoms with Crippen molar-refractivity contribution >= 4 is 11.7 Å². The van der Waals surface area contributed by atoms with Crippen LogP contribution in [0.4, 0.5) is 5.69 Å². The SMILES string of the molecule is CNC(CNc1cc(C)ccc1C)C(=O)O. The molecule has 0 aliphatic rings. The van der Waals surface area contributed by atoms with Gasteiger partial charge in [0.25, 0.3) is 0 Å². The maximum absolute atomic E-state index is 10.8. The molecule has 1 atom stereocenters. The molecule has 1 aromatic rings. The van der Waals surface area contributed by atoms with Crippen LogP contribution in [0.25, 0.3) is 0 Å². The number of rotatable bonds is 5. The number of benzene rings is 1. The Morgan fingerprint density at radius 1 is 1.44 bits per heavy atom. The molecule has 3 N–H and O–H groups in total. The quantitative estimate of drug-likeness (QED) is 0.704. The summed E-state index contributed by atoms with van der Waals surface area (Å²) < 4.78 is 0. The summed E-state index contributed by atoms with van der Waals surface area (Å²) in [5.74, 6) is -0.847. The Morgan fingerprint density at radius 3 is 2.69 bits per heavy atom. The van der Waals surface area contributed by atoms with Crippen LogP contribution in [0.2, 0.25) is 0 Å². The van der Waals surface area contributed by atoms with E-state index in [0.29, 0.717) is 6.54 Å². The first-order valence-corrected chi connectivity index (χ1v) is 5.25. The standard InChI is InChI=1S/C12H18N2O2/c1-8-4-5-9(2)10(6-8)14-7-11(13-3)12(15)16/h4-6,11,13-14H,7H2,1-3H3,(H,15,16). The van der Waals surface area contributed by atoms with Gasteiger partial charge in [0.2, 0.25) is 0 Å². The van der Waals surface area contributed by atoms with Crippen molar-refractivity contribution in [3.63, 3.8) is 0 Å². The van der Waals surface area contributed by atoms with Gasteiger partial charge in [0.05, 0.1) is 0 Å². The highest BCUT2D eigenvalue weighted by atomic mass is 16.4. The second-order valence-corrected chi connectivity index (χ2v) is 3.88. The normalized spacial score (nSPS) is 12.2. The molecule has 0 bridgehead atoms. The third-order valence-corrected chi connectivity index (χ3v) is 2.54.